The van der Waals surface area contributed by atoms with Crippen molar-refractivity contribution >= 4 is 16.7 Å². The number of rotatable bonds is 1. The Morgan fingerprint density at radius 2 is 2.00 bits per heavy atom. The number of anilines is 1. The van der Waals surface area contributed by atoms with Crippen LogP contribution in [-0.2, 0) is 0 Å². The van der Waals surface area contributed by atoms with Gasteiger partial charge >= 0.3 is 0 Å². The Kier molecular flexibility index (Phi) is 3.29. The van der Waals surface area contributed by atoms with E-state index in [9.17, 15) is 4.39 Å². The van der Waals surface area contributed by atoms with Crippen LogP contribution in [0.5, 0.6) is 0 Å². The Balaban J connectivity index is 2.04. The van der Waals surface area contributed by atoms with Crippen LogP contribution in [0.4, 0.5) is 10.2 Å². The van der Waals surface area contributed by atoms with Gasteiger partial charge in [-0.1, -0.05) is 6.07 Å². The van der Waals surface area contributed by atoms with E-state index < -0.39 is 0 Å². The SMILES string of the molecule is CN1CCCN(c2ncnc3cccc(F)c23)CC1. The van der Waals surface area contributed by atoms with Gasteiger partial charge in [0.1, 0.15) is 18.0 Å². The van der Waals surface area contributed by atoms with E-state index >= 15 is 0 Å². The first kappa shape index (κ1) is 12.3. The first-order chi connectivity index (χ1) is 9.25. The molecule has 1 saturated heterocycles. The fourth-order valence-corrected chi connectivity index (χ4v) is 2.55. The molecule has 0 unspecified atom stereocenters. The van der Waals surface area contributed by atoms with E-state index in [0.717, 1.165) is 38.4 Å². The molecule has 5 heteroatoms. The molecule has 0 aliphatic carbocycles. The molecule has 4 nitrogen and oxygen atoms in total. The minimum Gasteiger partial charge on any atom is -0.355 e. The summed E-state index contributed by atoms with van der Waals surface area (Å²) in [5.74, 6) is 0.476. The molecule has 0 bridgehead atoms. The van der Waals surface area contributed by atoms with Crippen LogP contribution in [0.25, 0.3) is 10.9 Å². The van der Waals surface area contributed by atoms with Crippen LogP contribution in [0.2, 0.25) is 0 Å². The third-order valence-corrected chi connectivity index (χ3v) is 3.61. The molecule has 1 aliphatic heterocycles. The summed E-state index contributed by atoms with van der Waals surface area (Å²) in [4.78, 5) is 12.9. The van der Waals surface area contributed by atoms with Crippen LogP contribution < -0.4 is 4.90 Å². The molecular formula is C14H17FN4. The average Bonchev–Trinajstić information content (AvgIpc) is 2.63. The van der Waals surface area contributed by atoms with Crippen molar-refractivity contribution < 1.29 is 4.39 Å². The number of fused-ring (bicyclic) bond motifs is 1. The summed E-state index contributed by atoms with van der Waals surface area (Å²) < 4.78 is 14.1. The Morgan fingerprint density at radius 3 is 2.89 bits per heavy atom. The fourth-order valence-electron chi connectivity index (χ4n) is 2.55. The van der Waals surface area contributed by atoms with Crippen molar-refractivity contribution in [1.29, 1.82) is 0 Å². The largest absolute Gasteiger partial charge is 0.355 e. The van der Waals surface area contributed by atoms with Crippen LogP contribution >= 0.6 is 0 Å². The molecule has 1 aliphatic rings. The standard InChI is InChI=1S/C14H17FN4/c1-18-6-3-7-19(9-8-18)14-13-11(15)4-2-5-12(13)16-10-17-14/h2,4-5,10H,3,6-9H2,1H3. The fraction of sp³-hybridized carbons (Fsp3) is 0.429. The molecule has 3 rings (SSSR count). The van der Waals surface area contributed by atoms with Gasteiger partial charge in [0.05, 0.1) is 10.9 Å². The lowest BCUT2D eigenvalue weighted by atomic mass is 10.2. The Bertz CT molecular complexity index is 581. The van der Waals surface area contributed by atoms with Crippen LogP contribution in [0.1, 0.15) is 6.42 Å². The summed E-state index contributed by atoms with van der Waals surface area (Å²) in [6.45, 7) is 3.82. The van der Waals surface area contributed by atoms with Crippen molar-refractivity contribution in [3.63, 3.8) is 0 Å². The number of aromatic nitrogens is 2. The zero-order valence-electron chi connectivity index (χ0n) is 11.0. The Morgan fingerprint density at radius 1 is 1.11 bits per heavy atom. The number of nitrogens with zero attached hydrogens (tertiary/aromatic N) is 4. The molecule has 1 aromatic carbocycles. The smallest absolute Gasteiger partial charge is 0.142 e. The van der Waals surface area contributed by atoms with Crippen molar-refractivity contribution in [2.24, 2.45) is 0 Å². The highest BCUT2D eigenvalue weighted by atomic mass is 19.1. The predicted octanol–water partition coefficient (Wildman–Crippen LogP) is 1.91. The van der Waals surface area contributed by atoms with Gasteiger partial charge in [0, 0.05) is 19.6 Å². The number of hydrogen-bond donors (Lipinski definition) is 0. The summed E-state index contributed by atoms with van der Waals surface area (Å²) in [5.41, 5.74) is 0.669. The molecule has 19 heavy (non-hydrogen) atoms. The summed E-state index contributed by atoms with van der Waals surface area (Å²) in [7, 11) is 2.11. The zero-order chi connectivity index (χ0) is 13.2. The van der Waals surface area contributed by atoms with Crippen LogP contribution in [-0.4, -0.2) is 48.1 Å². The summed E-state index contributed by atoms with van der Waals surface area (Å²) in [5, 5.41) is 0.537. The molecular weight excluding hydrogens is 243 g/mol. The number of halogens is 1. The van der Waals surface area contributed by atoms with Crippen molar-refractivity contribution in [1.82, 2.24) is 14.9 Å². The second kappa shape index (κ2) is 5.09. The maximum atomic E-state index is 14.1. The van der Waals surface area contributed by atoms with Gasteiger partial charge in [-0.2, -0.15) is 0 Å². The number of benzene rings is 1. The highest BCUT2D eigenvalue weighted by Gasteiger charge is 2.18. The first-order valence-electron chi connectivity index (χ1n) is 6.58. The lowest BCUT2D eigenvalue weighted by Gasteiger charge is -2.22. The molecule has 2 heterocycles. The van der Waals surface area contributed by atoms with E-state index in [1.807, 2.05) is 6.07 Å². The van der Waals surface area contributed by atoms with E-state index in [1.54, 1.807) is 6.07 Å². The van der Waals surface area contributed by atoms with E-state index in [-0.39, 0.29) is 5.82 Å². The second-order valence-electron chi connectivity index (χ2n) is 4.98. The van der Waals surface area contributed by atoms with Crippen LogP contribution in [0.3, 0.4) is 0 Å². The molecule has 100 valence electrons. The third kappa shape index (κ3) is 2.38. The Labute approximate surface area is 111 Å². The lowest BCUT2D eigenvalue weighted by Crippen LogP contribution is -2.29. The van der Waals surface area contributed by atoms with Crippen LogP contribution in [0, 0.1) is 5.82 Å². The van der Waals surface area contributed by atoms with Gasteiger partial charge in [0.15, 0.2) is 0 Å². The normalized spacial score (nSPS) is 17.7. The van der Waals surface area contributed by atoms with Gasteiger partial charge in [-0.05, 0) is 32.1 Å². The Hall–Kier alpha value is -1.75. The van der Waals surface area contributed by atoms with Gasteiger partial charge < -0.3 is 9.80 Å². The van der Waals surface area contributed by atoms with Crippen molar-refractivity contribution in [2.75, 3.05) is 38.1 Å². The van der Waals surface area contributed by atoms with Crippen molar-refractivity contribution in [3.8, 4) is 0 Å². The maximum absolute atomic E-state index is 14.1. The van der Waals surface area contributed by atoms with E-state index in [0.29, 0.717) is 10.9 Å². The molecule has 1 aromatic heterocycles. The third-order valence-electron chi connectivity index (χ3n) is 3.61. The first-order valence-corrected chi connectivity index (χ1v) is 6.58. The lowest BCUT2D eigenvalue weighted by molar-refractivity contribution is 0.360. The van der Waals surface area contributed by atoms with E-state index in [2.05, 4.69) is 26.8 Å². The molecule has 0 N–H and O–H groups in total. The second-order valence-corrected chi connectivity index (χ2v) is 4.98. The van der Waals surface area contributed by atoms with Crippen molar-refractivity contribution in [2.45, 2.75) is 6.42 Å². The molecule has 0 spiro atoms. The summed E-state index contributed by atoms with van der Waals surface area (Å²) in [6.07, 6.45) is 2.59. The van der Waals surface area contributed by atoms with Gasteiger partial charge in [-0.15, -0.1) is 0 Å². The van der Waals surface area contributed by atoms with Crippen LogP contribution in [0.15, 0.2) is 24.5 Å². The molecule has 0 radical (unpaired) electrons. The topological polar surface area (TPSA) is 32.3 Å². The molecule has 0 amide bonds. The molecule has 1 fully saturated rings. The summed E-state index contributed by atoms with van der Waals surface area (Å²) >= 11 is 0. The molecule has 0 saturated carbocycles. The maximum Gasteiger partial charge on any atom is 0.142 e. The molecule has 2 aromatic rings. The average molecular weight is 260 g/mol. The van der Waals surface area contributed by atoms with E-state index in [4.69, 9.17) is 0 Å². The monoisotopic (exact) mass is 260 g/mol. The quantitative estimate of drug-likeness (QED) is 0.784. The number of hydrogen-bond acceptors (Lipinski definition) is 4. The van der Waals surface area contributed by atoms with Gasteiger partial charge in [-0.3, -0.25) is 0 Å². The predicted molar refractivity (Wildman–Crippen MR) is 73.8 cm³/mol. The zero-order valence-corrected chi connectivity index (χ0v) is 11.0. The van der Waals surface area contributed by atoms with Gasteiger partial charge in [0.2, 0.25) is 0 Å². The van der Waals surface area contributed by atoms with Crippen molar-refractivity contribution in [3.05, 3.63) is 30.3 Å². The van der Waals surface area contributed by atoms with E-state index in [1.165, 1.54) is 12.4 Å². The van der Waals surface area contributed by atoms with Gasteiger partial charge in [0.25, 0.3) is 0 Å². The highest BCUT2D eigenvalue weighted by Crippen LogP contribution is 2.26. The summed E-state index contributed by atoms with van der Waals surface area (Å²) in [6, 6.07) is 4.98. The minimum absolute atomic E-state index is 0.245. The number of likely N-dealkylation sites (N-methyl/N-ethyl adjacent to an activating group) is 1. The van der Waals surface area contributed by atoms with Gasteiger partial charge in [-0.25, -0.2) is 14.4 Å². The minimum atomic E-state index is -0.245. The molecule has 0 atom stereocenters. The highest BCUT2D eigenvalue weighted by molar-refractivity contribution is 5.89.